The molecule has 31 heavy (non-hydrogen) atoms. The molecule has 7 nitrogen and oxygen atoms in total. The molecule has 3 rings (SSSR count). The number of pyridine rings is 1. The van der Waals surface area contributed by atoms with Crippen molar-refractivity contribution < 1.29 is 9.47 Å². The Morgan fingerprint density at radius 1 is 1.23 bits per heavy atom. The Kier molecular flexibility index (Phi) is 9.39. The summed E-state index contributed by atoms with van der Waals surface area (Å²) in [6.07, 6.45) is 2.78. The van der Waals surface area contributed by atoms with Crippen LogP contribution in [0.3, 0.4) is 0 Å². The molecule has 8 heteroatoms. The third-order valence-electron chi connectivity index (χ3n) is 5.09. The molecule has 168 valence electrons. The number of aromatic nitrogens is 1. The van der Waals surface area contributed by atoms with Crippen LogP contribution in [0.4, 0.5) is 5.82 Å². The maximum atomic E-state index is 6.29. The number of ether oxygens (including phenoxy) is 2. The molecule has 1 atom stereocenters. The van der Waals surface area contributed by atoms with Gasteiger partial charge in [0.05, 0.1) is 24.8 Å². The van der Waals surface area contributed by atoms with E-state index < -0.39 is 0 Å². The third-order valence-corrected chi connectivity index (χ3v) is 5.38. The molecule has 1 aromatic carbocycles. The molecule has 0 radical (unpaired) electrons. The number of nitrogens with one attached hydrogen (secondary N) is 2. The van der Waals surface area contributed by atoms with E-state index in [1.54, 1.807) is 13.2 Å². The van der Waals surface area contributed by atoms with Gasteiger partial charge >= 0.3 is 0 Å². The van der Waals surface area contributed by atoms with E-state index in [4.69, 9.17) is 21.1 Å². The van der Waals surface area contributed by atoms with Gasteiger partial charge in [0, 0.05) is 45.5 Å². The van der Waals surface area contributed by atoms with E-state index in [-0.39, 0.29) is 6.04 Å². The first-order chi connectivity index (χ1) is 15.2. The van der Waals surface area contributed by atoms with Crippen LogP contribution in [0, 0.1) is 0 Å². The SMILES string of the molecule is CCOCCOCc1cccc(CNC(=NC)NC2CCN(c3ncccc3Cl)C2)c1. The van der Waals surface area contributed by atoms with Gasteiger partial charge < -0.3 is 25.0 Å². The quantitative estimate of drug-likeness (QED) is 0.332. The van der Waals surface area contributed by atoms with Crippen molar-refractivity contribution in [3.05, 3.63) is 58.7 Å². The van der Waals surface area contributed by atoms with Crippen LogP contribution >= 0.6 is 11.6 Å². The highest BCUT2D eigenvalue weighted by atomic mass is 35.5. The predicted octanol–water partition coefficient (Wildman–Crippen LogP) is 3.23. The molecule has 0 aliphatic carbocycles. The van der Waals surface area contributed by atoms with Crippen molar-refractivity contribution in [3.63, 3.8) is 0 Å². The Labute approximate surface area is 189 Å². The zero-order valence-electron chi connectivity index (χ0n) is 18.3. The van der Waals surface area contributed by atoms with Crippen LogP contribution in [0.5, 0.6) is 0 Å². The van der Waals surface area contributed by atoms with Gasteiger partial charge in [0.15, 0.2) is 5.96 Å². The number of aliphatic imine (C=N–C) groups is 1. The first-order valence-electron chi connectivity index (χ1n) is 10.8. The van der Waals surface area contributed by atoms with Crippen molar-refractivity contribution in [2.75, 3.05) is 44.9 Å². The van der Waals surface area contributed by atoms with Crippen molar-refractivity contribution >= 4 is 23.4 Å². The molecular weight excluding hydrogens is 414 g/mol. The van der Waals surface area contributed by atoms with Crippen molar-refractivity contribution in [1.82, 2.24) is 15.6 Å². The molecular formula is C23H32ClN5O2. The second-order valence-corrected chi connectivity index (χ2v) is 7.79. The summed E-state index contributed by atoms with van der Waals surface area (Å²) >= 11 is 6.29. The monoisotopic (exact) mass is 445 g/mol. The number of anilines is 1. The van der Waals surface area contributed by atoms with Crippen LogP contribution in [0.1, 0.15) is 24.5 Å². The van der Waals surface area contributed by atoms with E-state index in [0.717, 1.165) is 43.5 Å². The molecule has 0 amide bonds. The lowest BCUT2D eigenvalue weighted by atomic mass is 10.1. The Morgan fingerprint density at radius 3 is 2.87 bits per heavy atom. The second-order valence-electron chi connectivity index (χ2n) is 7.38. The largest absolute Gasteiger partial charge is 0.379 e. The molecule has 1 aliphatic rings. The van der Waals surface area contributed by atoms with E-state index in [1.807, 2.05) is 19.1 Å². The van der Waals surface area contributed by atoms with Crippen LogP contribution in [-0.4, -0.2) is 56.9 Å². The first kappa shape index (κ1) is 23.3. The number of nitrogens with zero attached hydrogens (tertiary/aromatic N) is 3. The number of rotatable bonds is 10. The molecule has 1 saturated heterocycles. The zero-order valence-corrected chi connectivity index (χ0v) is 19.1. The number of hydrogen-bond donors (Lipinski definition) is 2. The molecule has 0 saturated carbocycles. The summed E-state index contributed by atoms with van der Waals surface area (Å²) < 4.78 is 11.0. The van der Waals surface area contributed by atoms with Gasteiger partial charge in [-0.25, -0.2) is 4.98 Å². The molecule has 0 spiro atoms. The average molecular weight is 446 g/mol. The molecule has 0 bridgehead atoms. The predicted molar refractivity (Wildman–Crippen MR) is 126 cm³/mol. The fourth-order valence-corrected chi connectivity index (χ4v) is 3.78. The van der Waals surface area contributed by atoms with Crippen LogP contribution in [-0.2, 0) is 22.6 Å². The summed E-state index contributed by atoms with van der Waals surface area (Å²) in [6.45, 7) is 6.97. The summed E-state index contributed by atoms with van der Waals surface area (Å²) in [5.74, 6) is 1.63. The molecule has 1 aliphatic heterocycles. The number of benzene rings is 1. The van der Waals surface area contributed by atoms with Gasteiger partial charge in [-0.3, -0.25) is 4.99 Å². The molecule has 2 aromatic rings. The summed E-state index contributed by atoms with van der Waals surface area (Å²) in [5, 5.41) is 7.61. The Bertz CT molecular complexity index is 848. The van der Waals surface area contributed by atoms with Crippen molar-refractivity contribution in [1.29, 1.82) is 0 Å². The highest BCUT2D eigenvalue weighted by molar-refractivity contribution is 6.32. The topological polar surface area (TPSA) is 71.0 Å². The van der Waals surface area contributed by atoms with Gasteiger partial charge in [-0.2, -0.15) is 0 Å². The molecule has 1 aromatic heterocycles. The average Bonchev–Trinajstić information content (AvgIpc) is 3.25. The standard InChI is InChI=1S/C23H32ClN5O2/c1-3-30-12-13-31-17-19-7-4-6-18(14-19)15-27-23(25-2)28-20-9-11-29(16-20)22-21(24)8-5-10-26-22/h4-8,10,14,20H,3,9,11-13,15-17H2,1-2H3,(H2,25,27,28). The van der Waals surface area contributed by atoms with E-state index in [1.165, 1.54) is 5.56 Å². The van der Waals surface area contributed by atoms with Crippen LogP contribution in [0.25, 0.3) is 0 Å². The minimum atomic E-state index is 0.286. The molecule has 2 N–H and O–H groups in total. The van der Waals surface area contributed by atoms with Gasteiger partial charge in [0.1, 0.15) is 5.82 Å². The number of hydrogen-bond acceptors (Lipinski definition) is 5. The van der Waals surface area contributed by atoms with Crippen molar-refractivity contribution in [3.8, 4) is 0 Å². The smallest absolute Gasteiger partial charge is 0.191 e. The van der Waals surface area contributed by atoms with Gasteiger partial charge in [0.25, 0.3) is 0 Å². The molecule has 2 heterocycles. The molecule has 1 unspecified atom stereocenters. The summed E-state index contributed by atoms with van der Waals surface area (Å²) in [7, 11) is 1.79. The minimum Gasteiger partial charge on any atom is -0.379 e. The zero-order chi connectivity index (χ0) is 21.9. The fraction of sp³-hybridized carbons (Fsp3) is 0.478. The van der Waals surface area contributed by atoms with Crippen LogP contribution in [0.15, 0.2) is 47.6 Å². The lowest BCUT2D eigenvalue weighted by Crippen LogP contribution is -2.44. The highest BCUT2D eigenvalue weighted by Gasteiger charge is 2.25. The maximum Gasteiger partial charge on any atom is 0.191 e. The maximum absolute atomic E-state index is 6.29. The Morgan fingerprint density at radius 2 is 2.06 bits per heavy atom. The van der Waals surface area contributed by atoms with Crippen LogP contribution < -0.4 is 15.5 Å². The van der Waals surface area contributed by atoms with Gasteiger partial charge in [-0.1, -0.05) is 35.9 Å². The Balaban J connectivity index is 1.45. The third kappa shape index (κ3) is 7.38. The van der Waals surface area contributed by atoms with Crippen molar-refractivity contribution in [2.45, 2.75) is 32.5 Å². The van der Waals surface area contributed by atoms with Crippen LogP contribution in [0.2, 0.25) is 5.02 Å². The lowest BCUT2D eigenvalue weighted by Gasteiger charge is -2.20. The summed E-state index contributed by atoms with van der Waals surface area (Å²) in [5.41, 5.74) is 2.33. The van der Waals surface area contributed by atoms with Gasteiger partial charge in [-0.05, 0) is 36.6 Å². The number of halogens is 1. The Hall–Kier alpha value is -2.35. The van der Waals surface area contributed by atoms with Gasteiger partial charge in [-0.15, -0.1) is 0 Å². The normalized spacial score (nSPS) is 16.5. The number of guanidine groups is 1. The molecule has 1 fully saturated rings. The van der Waals surface area contributed by atoms with Gasteiger partial charge in [0.2, 0.25) is 0 Å². The second kappa shape index (κ2) is 12.5. The first-order valence-corrected chi connectivity index (χ1v) is 11.1. The highest BCUT2D eigenvalue weighted by Crippen LogP contribution is 2.25. The van der Waals surface area contributed by atoms with E-state index in [9.17, 15) is 0 Å². The summed E-state index contributed by atoms with van der Waals surface area (Å²) in [4.78, 5) is 11.0. The van der Waals surface area contributed by atoms with Crippen molar-refractivity contribution in [2.24, 2.45) is 4.99 Å². The minimum absolute atomic E-state index is 0.286. The lowest BCUT2D eigenvalue weighted by molar-refractivity contribution is 0.0453. The fourth-order valence-electron chi connectivity index (χ4n) is 3.54. The van der Waals surface area contributed by atoms with E-state index in [2.05, 4.69) is 49.8 Å². The van der Waals surface area contributed by atoms with E-state index >= 15 is 0 Å². The van der Waals surface area contributed by atoms with E-state index in [0.29, 0.717) is 31.4 Å². The summed E-state index contributed by atoms with van der Waals surface area (Å²) in [6, 6.07) is 12.4.